The molecular formula is C9H19NO2. The van der Waals surface area contributed by atoms with Gasteiger partial charge in [-0.3, -0.25) is 4.79 Å². The predicted octanol–water partition coefficient (Wildman–Crippen LogP) is 1.46. The molecule has 0 aromatic heterocycles. The van der Waals surface area contributed by atoms with Gasteiger partial charge in [0.25, 0.3) is 0 Å². The number of esters is 1. The van der Waals surface area contributed by atoms with Gasteiger partial charge in [-0.1, -0.05) is 19.8 Å². The summed E-state index contributed by atoms with van der Waals surface area (Å²) in [4.78, 5) is 10.5. The van der Waals surface area contributed by atoms with Crippen molar-refractivity contribution in [3.63, 3.8) is 0 Å². The summed E-state index contributed by atoms with van der Waals surface area (Å²) < 4.78 is 4.84. The van der Waals surface area contributed by atoms with Gasteiger partial charge >= 0.3 is 5.97 Å². The quantitative estimate of drug-likeness (QED) is 0.640. The van der Waals surface area contributed by atoms with E-state index in [4.69, 9.17) is 10.5 Å². The Kier molecular flexibility index (Phi) is 4.90. The molecule has 0 spiro atoms. The molecule has 12 heavy (non-hydrogen) atoms. The lowest BCUT2D eigenvalue weighted by Crippen LogP contribution is -2.41. The fourth-order valence-electron chi connectivity index (χ4n) is 0.919. The van der Waals surface area contributed by atoms with Gasteiger partial charge in [-0.15, -0.1) is 0 Å². The van der Waals surface area contributed by atoms with Crippen molar-refractivity contribution in [1.29, 1.82) is 0 Å². The predicted molar refractivity (Wildman–Crippen MR) is 48.8 cm³/mol. The molecule has 0 fully saturated rings. The first-order chi connectivity index (χ1) is 5.48. The van der Waals surface area contributed by atoms with E-state index >= 15 is 0 Å². The van der Waals surface area contributed by atoms with Crippen LogP contribution in [-0.2, 0) is 9.53 Å². The molecule has 0 aromatic rings. The maximum absolute atomic E-state index is 10.5. The van der Waals surface area contributed by atoms with Crippen LogP contribution in [0, 0.1) is 0 Å². The lowest BCUT2D eigenvalue weighted by molar-refractivity contribution is -0.142. The highest BCUT2D eigenvalue weighted by atomic mass is 16.5. The van der Waals surface area contributed by atoms with Crippen LogP contribution in [0.15, 0.2) is 0 Å². The third-order valence-electron chi connectivity index (χ3n) is 1.71. The van der Waals surface area contributed by atoms with Gasteiger partial charge in [0, 0.05) is 12.5 Å². The van der Waals surface area contributed by atoms with Crippen LogP contribution in [-0.4, -0.2) is 18.1 Å². The second-order valence-electron chi connectivity index (χ2n) is 3.54. The van der Waals surface area contributed by atoms with Crippen LogP contribution in [0.25, 0.3) is 0 Å². The monoisotopic (exact) mass is 173 g/mol. The Hall–Kier alpha value is -0.570. The number of rotatable bonds is 5. The summed E-state index contributed by atoms with van der Waals surface area (Å²) in [5.41, 5.74) is 5.51. The van der Waals surface area contributed by atoms with Crippen LogP contribution in [0.5, 0.6) is 0 Å². The largest absolute Gasteiger partial charge is 0.464 e. The molecule has 0 aromatic carbocycles. The Labute approximate surface area is 74.3 Å². The molecule has 0 saturated heterocycles. The summed E-state index contributed by atoms with van der Waals surface area (Å²) in [5.74, 6) is -0.261. The normalized spacial score (nSPS) is 15.3. The highest BCUT2D eigenvalue weighted by Crippen LogP contribution is 2.10. The van der Waals surface area contributed by atoms with Crippen molar-refractivity contribution in [3.05, 3.63) is 0 Å². The minimum absolute atomic E-state index is 0.261. The van der Waals surface area contributed by atoms with Crippen molar-refractivity contribution in [2.75, 3.05) is 6.61 Å². The molecule has 2 N–H and O–H groups in total. The van der Waals surface area contributed by atoms with Crippen molar-refractivity contribution in [1.82, 2.24) is 0 Å². The van der Waals surface area contributed by atoms with Gasteiger partial charge in [0.1, 0.15) is 6.61 Å². The van der Waals surface area contributed by atoms with Gasteiger partial charge in [0.2, 0.25) is 0 Å². The number of unbranched alkanes of at least 4 members (excludes halogenated alkanes) is 1. The molecule has 1 unspecified atom stereocenters. The van der Waals surface area contributed by atoms with Crippen molar-refractivity contribution >= 4 is 5.97 Å². The maximum Gasteiger partial charge on any atom is 0.302 e. The molecule has 3 heteroatoms. The minimum Gasteiger partial charge on any atom is -0.464 e. The molecule has 3 nitrogen and oxygen atoms in total. The van der Waals surface area contributed by atoms with Crippen molar-refractivity contribution < 1.29 is 9.53 Å². The number of hydrogen-bond donors (Lipinski definition) is 1. The SMILES string of the molecule is CCCCC(C)(N)COC(C)=O. The van der Waals surface area contributed by atoms with E-state index in [1.54, 1.807) is 0 Å². The lowest BCUT2D eigenvalue weighted by Gasteiger charge is -2.23. The molecular weight excluding hydrogens is 154 g/mol. The van der Waals surface area contributed by atoms with E-state index in [0.29, 0.717) is 6.61 Å². The highest BCUT2D eigenvalue weighted by molar-refractivity contribution is 5.65. The summed E-state index contributed by atoms with van der Waals surface area (Å²) in [6.45, 7) is 5.74. The van der Waals surface area contributed by atoms with E-state index in [9.17, 15) is 4.79 Å². The molecule has 0 saturated carbocycles. The molecule has 0 aliphatic heterocycles. The first kappa shape index (κ1) is 11.4. The van der Waals surface area contributed by atoms with Gasteiger partial charge in [0.05, 0.1) is 0 Å². The van der Waals surface area contributed by atoms with Crippen LogP contribution in [0.1, 0.15) is 40.0 Å². The molecule has 72 valence electrons. The molecule has 0 heterocycles. The Balaban J connectivity index is 3.63. The second-order valence-corrected chi connectivity index (χ2v) is 3.54. The molecule has 0 rings (SSSR count). The van der Waals surface area contributed by atoms with Crippen LogP contribution < -0.4 is 5.73 Å². The molecule has 0 aliphatic carbocycles. The third-order valence-corrected chi connectivity index (χ3v) is 1.71. The zero-order valence-electron chi connectivity index (χ0n) is 8.22. The summed E-state index contributed by atoms with van der Waals surface area (Å²) in [7, 11) is 0. The molecule has 0 aliphatic rings. The first-order valence-corrected chi connectivity index (χ1v) is 4.40. The van der Waals surface area contributed by atoms with Crippen molar-refractivity contribution in [2.24, 2.45) is 5.73 Å². The molecule has 0 amide bonds. The van der Waals surface area contributed by atoms with E-state index in [1.807, 2.05) is 6.92 Å². The highest BCUT2D eigenvalue weighted by Gasteiger charge is 2.18. The average Bonchev–Trinajstić information content (AvgIpc) is 1.98. The van der Waals surface area contributed by atoms with Crippen molar-refractivity contribution in [2.45, 2.75) is 45.6 Å². The Bertz CT molecular complexity index is 143. The van der Waals surface area contributed by atoms with Gasteiger partial charge in [-0.25, -0.2) is 0 Å². The van der Waals surface area contributed by atoms with E-state index in [2.05, 4.69) is 6.92 Å². The molecule has 0 radical (unpaired) electrons. The number of nitrogens with two attached hydrogens (primary N) is 1. The Morgan fingerprint density at radius 2 is 2.17 bits per heavy atom. The summed E-state index contributed by atoms with van der Waals surface area (Å²) in [6, 6.07) is 0. The summed E-state index contributed by atoms with van der Waals surface area (Å²) >= 11 is 0. The minimum atomic E-state index is -0.359. The molecule has 1 atom stereocenters. The van der Waals surface area contributed by atoms with Crippen LogP contribution in [0.2, 0.25) is 0 Å². The van der Waals surface area contributed by atoms with Gasteiger partial charge in [-0.2, -0.15) is 0 Å². The van der Waals surface area contributed by atoms with E-state index in [-0.39, 0.29) is 11.5 Å². The maximum atomic E-state index is 10.5. The number of carbonyl (C=O) groups is 1. The standard InChI is InChI=1S/C9H19NO2/c1-4-5-6-9(3,10)7-12-8(2)11/h4-7,10H2,1-3H3. The number of hydrogen-bond acceptors (Lipinski definition) is 3. The van der Waals surface area contributed by atoms with Crippen molar-refractivity contribution in [3.8, 4) is 0 Å². The van der Waals surface area contributed by atoms with E-state index in [0.717, 1.165) is 19.3 Å². The Morgan fingerprint density at radius 3 is 2.58 bits per heavy atom. The second kappa shape index (κ2) is 5.14. The van der Waals surface area contributed by atoms with Gasteiger partial charge in [-0.05, 0) is 13.3 Å². The van der Waals surface area contributed by atoms with Gasteiger partial charge < -0.3 is 10.5 Å². The topological polar surface area (TPSA) is 52.3 Å². The number of ether oxygens (including phenoxy) is 1. The summed E-state index contributed by atoms with van der Waals surface area (Å²) in [5, 5.41) is 0. The Morgan fingerprint density at radius 1 is 1.58 bits per heavy atom. The van der Waals surface area contributed by atoms with Crippen LogP contribution in [0.3, 0.4) is 0 Å². The summed E-state index contributed by atoms with van der Waals surface area (Å²) in [6.07, 6.45) is 3.10. The molecule has 0 bridgehead atoms. The fourth-order valence-corrected chi connectivity index (χ4v) is 0.919. The smallest absolute Gasteiger partial charge is 0.302 e. The third kappa shape index (κ3) is 6.16. The number of carbonyl (C=O) groups excluding carboxylic acids is 1. The van der Waals surface area contributed by atoms with Crippen LogP contribution >= 0.6 is 0 Å². The zero-order chi connectivity index (χ0) is 9.61. The average molecular weight is 173 g/mol. The van der Waals surface area contributed by atoms with E-state index in [1.165, 1.54) is 6.92 Å². The first-order valence-electron chi connectivity index (χ1n) is 4.40. The van der Waals surface area contributed by atoms with E-state index < -0.39 is 0 Å². The fraction of sp³-hybridized carbons (Fsp3) is 0.889. The van der Waals surface area contributed by atoms with Crippen LogP contribution in [0.4, 0.5) is 0 Å². The lowest BCUT2D eigenvalue weighted by atomic mass is 9.97. The van der Waals surface area contributed by atoms with Gasteiger partial charge in [0.15, 0.2) is 0 Å². The zero-order valence-corrected chi connectivity index (χ0v) is 8.22.